The minimum Gasteiger partial charge on any atom is -0.465 e. The van der Waals surface area contributed by atoms with Crippen molar-refractivity contribution in [2.24, 2.45) is 0 Å². The van der Waals surface area contributed by atoms with Gasteiger partial charge in [-0.15, -0.1) is 5.10 Å². The molecule has 7 heteroatoms. The number of methoxy groups -OCH3 is 1. The highest BCUT2D eigenvalue weighted by Crippen LogP contribution is 2.25. The summed E-state index contributed by atoms with van der Waals surface area (Å²) in [6.45, 7) is 2.81. The summed E-state index contributed by atoms with van der Waals surface area (Å²) in [6, 6.07) is 3.53. The molecule has 0 spiro atoms. The van der Waals surface area contributed by atoms with Crippen molar-refractivity contribution in [2.75, 3.05) is 24.7 Å². The zero-order chi connectivity index (χ0) is 15.2. The lowest BCUT2D eigenvalue weighted by Gasteiger charge is -2.04. The minimum absolute atomic E-state index is 0.243. The molecule has 7 nitrogen and oxygen atoms in total. The predicted octanol–water partition coefficient (Wildman–Crippen LogP) is 1.85. The molecule has 0 aliphatic carbocycles. The Labute approximate surface area is 123 Å². The van der Waals surface area contributed by atoms with Crippen LogP contribution in [-0.4, -0.2) is 34.4 Å². The third kappa shape index (κ3) is 3.13. The average Bonchev–Trinajstić information content (AvgIpc) is 2.84. The summed E-state index contributed by atoms with van der Waals surface area (Å²) in [4.78, 5) is 15.9. The van der Waals surface area contributed by atoms with Gasteiger partial charge in [0.15, 0.2) is 5.82 Å². The van der Waals surface area contributed by atoms with Gasteiger partial charge in [0.2, 0.25) is 0 Å². The van der Waals surface area contributed by atoms with E-state index in [1.54, 1.807) is 24.5 Å². The van der Waals surface area contributed by atoms with Crippen molar-refractivity contribution in [1.29, 1.82) is 0 Å². The van der Waals surface area contributed by atoms with Gasteiger partial charge in [0.25, 0.3) is 0 Å². The molecule has 21 heavy (non-hydrogen) atoms. The zero-order valence-corrected chi connectivity index (χ0v) is 12.2. The maximum absolute atomic E-state index is 11.9. The van der Waals surface area contributed by atoms with Gasteiger partial charge in [-0.2, -0.15) is 0 Å². The van der Waals surface area contributed by atoms with E-state index in [0.717, 1.165) is 18.5 Å². The van der Waals surface area contributed by atoms with Crippen LogP contribution < -0.4 is 11.1 Å². The van der Waals surface area contributed by atoms with Gasteiger partial charge in [-0.1, -0.05) is 13.3 Å². The van der Waals surface area contributed by atoms with Gasteiger partial charge in [0.1, 0.15) is 11.4 Å². The van der Waals surface area contributed by atoms with Crippen molar-refractivity contribution < 1.29 is 9.53 Å². The Balaban J connectivity index is 2.41. The van der Waals surface area contributed by atoms with E-state index in [9.17, 15) is 4.79 Å². The molecule has 112 valence electrons. The molecule has 0 saturated carbocycles. The first-order valence-electron chi connectivity index (χ1n) is 6.80. The number of esters is 1. The highest BCUT2D eigenvalue weighted by atomic mass is 16.5. The highest BCUT2D eigenvalue weighted by molar-refractivity contribution is 5.99. The molecule has 3 N–H and O–H groups in total. The van der Waals surface area contributed by atoms with Crippen LogP contribution in [0.15, 0.2) is 24.5 Å². The Kier molecular flexibility index (Phi) is 4.76. The summed E-state index contributed by atoms with van der Waals surface area (Å²) in [5.74, 6) is 0.170. The van der Waals surface area contributed by atoms with Crippen molar-refractivity contribution in [3.8, 4) is 5.69 Å². The number of rotatable bonds is 6. The van der Waals surface area contributed by atoms with E-state index in [1.807, 2.05) is 0 Å². The normalized spacial score (nSPS) is 10.4. The topological polar surface area (TPSA) is 95.1 Å². The predicted molar refractivity (Wildman–Crippen MR) is 80.5 cm³/mol. The Bertz CT molecular complexity index is 609. The first-order valence-corrected chi connectivity index (χ1v) is 6.80. The fourth-order valence-corrected chi connectivity index (χ4v) is 1.92. The fraction of sp³-hybridized carbons (Fsp3) is 0.357. The standard InChI is InChI=1S/C14H19N5O2/c1-3-4-7-17-13-11(14(20)21-2)12(15)19(18-13)10-5-8-16-9-6-10/h5-6,8-9H,3-4,7,15H2,1-2H3,(H,17,18). The second-order valence-corrected chi connectivity index (χ2v) is 4.50. The third-order valence-corrected chi connectivity index (χ3v) is 3.04. The van der Waals surface area contributed by atoms with E-state index >= 15 is 0 Å². The molecule has 0 aliphatic heterocycles. The Morgan fingerprint density at radius 2 is 2.14 bits per heavy atom. The van der Waals surface area contributed by atoms with E-state index in [0.29, 0.717) is 12.4 Å². The molecule has 0 radical (unpaired) electrons. The average molecular weight is 289 g/mol. The van der Waals surface area contributed by atoms with Gasteiger partial charge in [0.05, 0.1) is 12.8 Å². The second kappa shape index (κ2) is 6.74. The number of anilines is 2. The first kappa shape index (κ1) is 14.8. The van der Waals surface area contributed by atoms with Crippen LogP contribution in [0.5, 0.6) is 0 Å². The summed E-state index contributed by atoms with van der Waals surface area (Å²) in [7, 11) is 1.32. The quantitative estimate of drug-likeness (QED) is 0.622. The Hall–Kier alpha value is -2.57. The van der Waals surface area contributed by atoms with E-state index < -0.39 is 5.97 Å². The molecule has 0 unspecified atom stereocenters. The van der Waals surface area contributed by atoms with Crippen LogP contribution in [0.2, 0.25) is 0 Å². The number of unbranched alkanes of at least 4 members (excludes halogenated alkanes) is 1. The number of hydrogen-bond acceptors (Lipinski definition) is 6. The molecule has 0 aliphatic rings. The van der Waals surface area contributed by atoms with E-state index in [-0.39, 0.29) is 11.4 Å². The molecule has 0 bridgehead atoms. The maximum atomic E-state index is 11.9. The number of ether oxygens (including phenoxy) is 1. The van der Waals surface area contributed by atoms with Crippen molar-refractivity contribution in [2.45, 2.75) is 19.8 Å². The lowest BCUT2D eigenvalue weighted by atomic mass is 10.3. The summed E-state index contributed by atoms with van der Waals surface area (Å²) >= 11 is 0. The number of aromatic nitrogens is 3. The highest BCUT2D eigenvalue weighted by Gasteiger charge is 2.23. The smallest absolute Gasteiger partial charge is 0.345 e. The SMILES string of the molecule is CCCCNc1nn(-c2ccncc2)c(N)c1C(=O)OC. The van der Waals surface area contributed by atoms with Crippen LogP contribution in [0.25, 0.3) is 5.69 Å². The van der Waals surface area contributed by atoms with Gasteiger partial charge >= 0.3 is 5.97 Å². The van der Waals surface area contributed by atoms with Crippen LogP contribution in [0, 0.1) is 0 Å². The number of nitrogens with one attached hydrogen (secondary N) is 1. The summed E-state index contributed by atoms with van der Waals surface area (Å²) in [5.41, 5.74) is 7.04. The second-order valence-electron chi connectivity index (χ2n) is 4.50. The molecule has 2 aromatic heterocycles. The Morgan fingerprint density at radius 3 is 2.76 bits per heavy atom. The molecule has 2 aromatic rings. The van der Waals surface area contributed by atoms with E-state index in [1.165, 1.54) is 11.8 Å². The van der Waals surface area contributed by atoms with Gasteiger partial charge < -0.3 is 15.8 Å². The Morgan fingerprint density at radius 1 is 1.43 bits per heavy atom. The van der Waals surface area contributed by atoms with Crippen LogP contribution in [-0.2, 0) is 4.74 Å². The number of nitrogens with zero attached hydrogens (tertiary/aromatic N) is 3. The van der Waals surface area contributed by atoms with Crippen LogP contribution in [0.1, 0.15) is 30.1 Å². The van der Waals surface area contributed by atoms with Crippen molar-refractivity contribution in [3.05, 3.63) is 30.1 Å². The summed E-state index contributed by atoms with van der Waals surface area (Å²) < 4.78 is 6.29. The van der Waals surface area contributed by atoms with E-state index in [4.69, 9.17) is 10.5 Å². The molecule has 0 aromatic carbocycles. The molecular weight excluding hydrogens is 270 g/mol. The lowest BCUT2D eigenvalue weighted by molar-refractivity contribution is 0.0603. The molecule has 2 heterocycles. The van der Waals surface area contributed by atoms with Crippen molar-refractivity contribution >= 4 is 17.6 Å². The van der Waals surface area contributed by atoms with Gasteiger partial charge in [0, 0.05) is 18.9 Å². The van der Waals surface area contributed by atoms with E-state index in [2.05, 4.69) is 22.3 Å². The lowest BCUT2D eigenvalue weighted by Crippen LogP contribution is -2.09. The minimum atomic E-state index is -0.508. The van der Waals surface area contributed by atoms with Crippen molar-refractivity contribution in [1.82, 2.24) is 14.8 Å². The number of pyridine rings is 1. The number of carbonyl (C=O) groups is 1. The van der Waals surface area contributed by atoms with Gasteiger partial charge in [-0.05, 0) is 18.6 Å². The number of carbonyl (C=O) groups excluding carboxylic acids is 1. The van der Waals surface area contributed by atoms with Crippen LogP contribution >= 0.6 is 0 Å². The molecule has 0 atom stereocenters. The fourth-order valence-electron chi connectivity index (χ4n) is 1.92. The summed E-state index contributed by atoms with van der Waals surface area (Å²) in [6.07, 6.45) is 5.29. The number of hydrogen-bond donors (Lipinski definition) is 2. The van der Waals surface area contributed by atoms with Crippen LogP contribution in [0.3, 0.4) is 0 Å². The molecule has 0 saturated heterocycles. The number of nitrogens with two attached hydrogens (primary N) is 1. The summed E-state index contributed by atoms with van der Waals surface area (Å²) in [5, 5.41) is 7.50. The molecular formula is C14H19N5O2. The van der Waals surface area contributed by atoms with Gasteiger partial charge in [-0.3, -0.25) is 4.98 Å². The maximum Gasteiger partial charge on any atom is 0.345 e. The molecule has 0 fully saturated rings. The largest absolute Gasteiger partial charge is 0.465 e. The molecule has 2 rings (SSSR count). The third-order valence-electron chi connectivity index (χ3n) is 3.04. The zero-order valence-electron chi connectivity index (χ0n) is 12.2. The first-order chi connectivity index (χ1) is 10.2. The molecule has 0 amide bonds. The number of nitrogen functional groups attached to an aromatic ring is 1. The van der Waals surface area contributed by atoms with Gasteiger partial charge in [-0.25, -0.2) is 9.48 Å². The van der Waals surface area contributed by atoms with Crippen LogP contribution in [0.4, 0.5) is 11.6 Å². The van der Waals surface area contributed by atoms with Crippen molar-refractivity contribution in [3.63, 3.8) is 0 Å². The monoisotopic (exact) mass is 289 g/mol.